The molecule has 0 bridgehead atoms. The number of carbonyl (C=O) groups excluding carboxylic acids is 1. The van der Waals surface area contributed by atoms with Crippen LogP contribution in [0.25, 0.3) is 0 Å². The standard InChI is InChI=1S/C24H22N4O5/c1-16-3-5-18(6-4-16)14-27-12-11-23(26-27)25-24(29)22-10-8-20(33-22)15-32-19-7-9-21(28(30)31)17(2)13-19/h3-13H,14-15H2,1-2H3,(H,25,26,29). The zero-order valence-corrected chi connectivity index (χ0v) is 18.1. The number of hydrogen-bond donors (Lipinski definition) is 1. The van der Waals surface area contributed by atoms with Crippen LogP contribution >= 0.6 is 0 Å². The fourth-order valence-electron chi connectivity index (χ4n) is 3.23. The highest BCUT2D eigenvalue weighted by Gasteiger charge is 2.14. The fraction of sp³-hybridized carbons (Fsp3) is 0.167. The number of amides is 1. The van der Waals surface area contributed by atoms with Crippen molar-refractivity contribution in [3.63, 3.8) is 0 Å². The van der Waals surface area contributed by atoms with Gasteiger partial charge in [0.25, 0.3) is 11.6 Å². The molecule has 0 unspecified atom stereocenters. The van der Waals surface area contributed by atoms with Crippen LogP contribution in [0.2, 0.25) is 0 Å². The van der Waals surface area contributed by atoms with Crippen molar-refractivity contribution in [1.29, 1.82) is 0 Å². The van der Waals surface area contributed by atoms with E-state index < -0.39 is 10.8 Å². The highest BCUT2D eigenvalue weighted by molar-refractivity contribution is 6.01. The third-order valence-electron chi connectivity index (χ3n) is 4.98. The topological polar surface area (TPSA) is 112 Å². The number of nitro benzene ring substituents is 1. The van der Waals surface area contributed by atoms with Crippen LogP contribution < -0.4 is 10.1 Å². The molecular formula is C24H22N4O5. The predicted molar refractivity (Wildman–Crippen MR) is 121 cm³/mol. The van der Waals surface area contributed by atoms with Crippen molar-refractivity contribution in [3.8, 4) is 5.75 Å². The molecule has 0 atom stereocenters. The molecule has 0 aliphatic rings. The highest BCUT2D eigenvalue weighted by Crippen LogP contribution is 2.24. The number of aromatic nitrogens is 2. The second-order valence-corrected chi connectivity index (χ2v) is 7.60. The molecule has 0 spiro atoms. The number of nitrogens with zero attached hydrogens (tertiary/aromatic N) is 3. The van der Waals surface area contributed by atoms with Crippen molar-refractivity contribution in [2.24, 2.45) is 0 Å². The largest absolute Gasteiger partial charge is 0.486 e. The number of anilines is 1. The summed E-state index contributed by atoms with van der Waals surface area (Å²) in [4.78, 5) is 23.0. The summed E-state index contributed by atoms with van der Waals surface area (Å²) in [6.07, 6.45) is 1.79. The molecule has 0 radical (unpaired) electrons. The smallest absolute Gasteiger partial charge is 0.292 e. The Labute approximate surface area is 189 Å². The average molecular weight is 446 g/mol. The first-order chi connectivity index (χ1) is 15.9. The van der Waals surface area contributed by atoms with Gasteiger partial charge in [0.15, 0.2) is 11.6 Å². The molecular weight excluding hydrogens is 424 g/mol. The van der Waals surface area contributed by atoms with Gasteiger partial charge in [-0.05, 0) is 43.7 Å². The number of nitrogens with one attached hydrogen (secondary N) is 1. The van der Waals surface area contributed by atoms with Crippen LogP contribution in [0.3, 0.4) is 0 Å². The second kappa shape index (κ2) is 9.39. The number of rotatable bonds is 8. The maximum absolute atomic E-state index is 12.5. The van der Waals surface area contributed by atoms with Crippen molar-refractivity contribution in [1.82, 2.24) is 9.78 Å². The van der Waals surface area contributed by atoms with Gasteiger partial charge in [0.2, 0.25) is 0 Å². The normalized spacial score (nSPS) is 10.7. The molecule has 4 rings (SSSR count). The van der Waals surface area contributed by atoms with Gasteiger partial charge in [-0.15, -0.1) is 0 Å². The van der Waals surface area contributed by atoms with Gasteiger partial charge >= 0.3 is 0 Å². The third-order valence-corrected chi connectivity index (χ3v) is 4.98. The molecule has 0 aliphatic carbocycles. The van der Waals surface area contributed by atoms with Crippen molar-refractivity contribution in [2.45, 2.75) is 27.0 Å². The number of carbonyl (C=O) groups is 1. The predicted octanol–water partition coefficient (Wildman–Crippen LogP) is 4.88. The summed E-state index contributed by atoms with van der Waals surface area (Å²) in [7, 11) is 0. The zero-order chi connectivity index (χ0) is 23.4. The summed E-state index contributed by atoms with van der Waals surface area (Å²) in [6.45, 7) is 4.35. The minimum atomic E-state index is -0.442. The Balaban J connectivity index is 1.32. The fourth-order valence-corrected chi connectivity index (χ4v) is 3.23. The van der Waals surface area contributed by atoms with E-state index in [0.29, 0.717) is 29.4 Å². The minimum absolute atomic E-state index is 0.0283. The summed E-state index contributed by atoms with van der Waals surface area (Å²) < 4.78 is 12.9. The first-order valence-corrected chi connectivity index (χ1v) is 10.2. The first kappa shape index (κ1) is 21.8. The SMILES string of the molecule is Cc1ccc(Cn2ccc(NC(=O)c3ccc(COc4ccc([N+](=O)[O-])c(C)c4)o3)n2)cc1. The number of nitro groups is 1. The van der Waals surface area contributed by atoms with E-state index in [1.807, 2.05) is 31.2 Å². The maximum Gasteiger partial charge on any atom is 0.292 e. The Morgan fingerprint density at radius 2 is 1.91 bits per heavy atom. The molecule has 4 aromatic rings. The van der Waals surface area contributed by atoms with E-state index in [4.69, 9.17) is 9.15 Å². The average Bonchev–Trinajstić information content (AvgIpc) is 3.43. The molecule has 0 saturated carbocycles. The molecule has 2 heterocycles. The summed E-state index contributed by atoms with van der Waals surface area (Å²) >= 11 is 0. The third kappa shape index (κ3) is 5.45. The minimum Gasteiger partial charge on any atom is -0.486 e. The molecule has 1 N–H and O–H groups in total. The highest BCUT2D eigenvalue weighted by atomic mass is 16.6. The number of ether oxygens (including phenoxy) is 1. The van der Waals surface area contributed by atoms with Gasteiger partial charge in [-0.3, -0.25) is 19.6 Å². The molecule has 2 aromatic heterocycles. The van der Waals surface area contributed by atoms with Crippen LogP contribution in [0.5, 0.6) is 5.75 Å². The van der Waals surface area contributed by atoms with Gasteiger partial charge < -0.3 is 14.5 Å². The Hall–Kier alpha value is -4.40. The Morgan fingerprint density at radius 1 is 1.12 bits per heavy atom. The van der Waals surface area contributed by atoms with Crippen LogP contribution in [-0.2, 0) is 13.2 Å². The van der Waals surface area contributed by atoms with E-state index in [1.165, 1.54) is 17.7 Å². The Morgan fingerprint density at radius 3 is 2.64 bits per heavy atom. The van der Waals surface area contributed by atoms with Gasteiger partial charge in [-0.25, -0.2) is 0 Å². The van der Waals surface area contributed by atoms with Gasteiger partial charge in [-0.1, -0.05) is 29.8 Å². The maximum atomic E-state index is 12.5. The molecule has 0 fully saturated rings. The lowest BCUT2D eigenvalue weighted by Gasteiger charge is -2.05. The van der Waals surface area contributed by atoms with Crippen molar-refractivity contribution in [2.75, 3.05) is 5.32 Å². The van der Waals surface area contributed by atoms with Crippen LogP contribution in [0.4, 0.5) is 11.5 Å². The zero-order valence-electron chi connectivity index (χ0n) is 18.1. The number of aryl methyl sites for hydroxylation is 2. The molecule has 9 nitrogen and oxygen atoms in total. The molecule has 9 heteroatoms. The molecule has 0 saturated heterocycles. The van der Waals surface area contributed by atoms with Crippen LogP contribution in [-0.4, -0.2) is 20.6 Å². The van der Waals surface area contributed by atoms with Crippen molar-refractivity contribution >= 4 is 17.4 Å². The van der Waals surface area contributed by atoms with Gasteiger partial charge in [-0.2, -0.15) is 5.10 Å². The van der Waals surface area contributed by atoms with Crippen LogP contribution in [0.1, 0.15) is 33.0 Å². The van der Waals surface area contributed by atoms with E-state index in [-0.39, 0.29) is 18.1 Å². The monoisotopic (exact) mass is 446 g/mol. The van der Waals surface area contributed by atoms with E-state index >= 15 is 0 Å². The molecule has 33 heavy (non-hydrogen) atoms. The van der Waals surface area contributed by atoms with Gasteiger partial charge in [0, 0.05) is 23.9 Å². The van der Waals surface area contributed by atoms with Gasteiger partial charge in [0.05, 0.1) is 11.5 Å². The summed E-state index contributed by atoms with van der Waals surface area (Å²) in [5.74, 6) is 1.04. The molecule has 0 aliphatic heterocycles. The molecule has 2 aromatic carbocycles. The second-order valence-electron chi connectivity index (χ2n) is 7.60. The number of benzene rings is 2. The first-order valence-electron chi connectivity index (χ1n) is 10.2. The van der Waals surface area contributed by atoms with Crippen LogP contribution in [0.15, 0.2) is 71.3 Å². The number of furan rings is 1. The van der Waals surface area contributed by atoms with Gasteiger partial charge in [0.1, 0.15) is 18.1 Å². The lowest BCUT2D eigenvalue weighted by Crippen LogP contribution is -2.12. The van der Waals surface area contributed by atoms with Crippen molar-refractivity contribution in [3.05, 3.63) is 105 Å². The Kier molecular flexibility index (Phi) is 6.21. The number of hydrogen-bond acceptors (Lipinski definition) is 6. The van der Waals surface area contributed by atoms with E-state index in [9.17, 15) is 14.9 Å². The van der Waals surface area contributed by atoms with E-state index in [1.54, 1.807) is 42.1 Å². The summed E-state index contributed by atoms with van der Waals surface area (Å²) in [6, 6.07) is 17.6. The lowest BCUT2D eigenvalue weighted by molar-refractivity contribution is -0.385. The van der Waals surface area contributed by atoms with Crippen molar-refractivity contribution < 1.29 is 18.9 Å². The molecule has 1 amide bonds. The van der Waals surface area contributed by atoms with E-state index in [2.05, 4.69) is 10.4 Å². The quantitative estimate of drug-likeness (QED) is 0.305. The van der Waals surface area contributed by atoms with E-state index in [0.717, 1.165) is 5.56 Å². The summed E-state index contributed by atoms with van der Waals surface area (Å²) in [5.41, 5.74) is 2.83. The summed E-state index contributed by atoms with van der Waals surface area (Å²) in [5, 5.41) is 18.0. The lowest BCUT2D eigenvalue weighted by atomic mass is 10.1. The van der Waals surface area contributed by atoms with Crippen LogP contribution in [0, 0.1) is 24.0 Å². The Bertz CT molecular complexity index is 1290. The molecule has 168 valence electrons.